The normalized spacial score (nSPS) is 23.1. The van der Waals surface area contributed by atoms with Crippen molar-refractivity contribution in [3.63, 3.8) is 0 Å². The number of aromatic amines is 1. The minimum atomic E-state index is -4.56. The predicted octanol–water partition coefficient (Wildman–Crippen LogP) is 2.53. The molecule has 5 heterocycles. The number of nitrogens with zero attached hydrogens (tertiary/aromatic N) is 5. The molecule has 2 bridgehead atoms. The maximum atomic E-state index is 13.4. The molecule has 2 atom stereocenters. The number of hydrogen-bond donors (Lipinski definition) is 1. The molecule has 0 aliphatic carbocycles. The summed E-state index contributed by atoms with van der Waals surface area (Å²) in [5.74, 6) is 0.989. The average molecular weight is 364 g/mol. The number of halogens is 3. The zero-order chi connectivity index (χ0) is 17.9. The molecule has 3 aromatic rings. The minimum Gasteiger partial charge on any atom is -0.377 e. The van der Waals surface area contributed by atoms with Crippen LogP contribution in [0, 0.1) is 0 Å². The Labute approximate surface area is 145 Å². The average Bonchev–Trinajstić information content (AvgIpc) is 3.30. The van der Waals surface area contributed by atoms with Crippen molar-refractivity contribution in [2.24, 2.45) is 0 Å². The van der Waals surface area contributed by atoms with Crippen LogP contribution in [0.1, 0.15) is 18.5 Å². The molecule has 136 valence electrons. The fourth-order valence-corrected chi connectivity index (χ4v) is 3.88. The van der Waals surface area contributed by atoms with Gasteiger partial charge in [-0.05, 0) is 25.0 Å². The molecule has 2 fully saturated rings. The van der Waals surface area contributed by atoms with Gasteiger partial charge in [0.1, 0.15) is 5.82 Å². The maximum absolute atomic E-state index is 13.4. The Morgan fingerprint density at radius 2 is 1.88 bits per heavy atom. The van der Waals surface area contributed by atoms with Gasteiger partial charge in [-0.2, -0.15) is 28.1 Å². The summed E-state index contributed by atoms with van der Waals surface area (Å²) in [6.45, 7) is 1.23. The first-order chi connectivity index (χ1) is 12.5. The Morgan fingerprint density at radius 3 is 2.54 bits per heavy atom. The zero-order valence-corrected chi connectivity index (χ0v) is 13.6. The summed E-state index contributed by atoms with van der Waals surface area (Å²) in [7, 11) is 0. The minimum absolute atomic E-state index is 0.0311. The molecule has 5 rings (SSSR count). The molecule has 0 amide bonds. The lowest BCUT2D eigenvalue weighted by atomic mass is 10.2. The number of morpholine rings is 1. The Bertz CT molecular complexity index is 935. The first kappa shape index (κ1) is 15.6. The highest BCUT2D eigenvalue weighted by Gasteiger charge is 2.40. The van der Waals surface area contributed by atoms with E-state index in [0.717, 1.165) is 17.5 Å². The first-order valence-corrected chi connectivity index (χ1v) is 8.35. The standard InChI is InChI=1S/C16H15F3N6O/c17-16(18,19)14-11-3-4-12(24-9-1-2-10(24)8-26-7-9)21-15(11)25(23-14)13-5-6-20-22-13/h3-6,9-10H,1-2,7-8H2,(H,20,22). The van der Waals surface area contributed by atoms with Crippen LogP contribution in [0.2, 0.25) is 0 Å². The summed E-state index contributed by atoms with van der Waals surface area (Å²) in [5, 5.41) is 10.2. The second-order valence-electron chi connectivity index (χ2n) is 6.57. The van der Waals surface area contributed by atoms with Gasteiger partial charge in [-0.3, -0.25) is 5.10 Å². The van der Waals surface area contributed by atoms with E-state index in [9.17, 15) is 13.2 Å². The van der Waals surface area contributed by atoms with Crippen LogP contribution in [-0.2, 0) is 10.9 Å². The van der Waals surface area contributed by atoms with Crippen LogP contribution >= 0.6 is 0 Å². The highest BCUT2D eigenvalue weighted by molar-refractivity contribution is 5.82. The van der Waals surface area contributed by atoms with E-state index in [0.29, 0.717) is 24.8 Å². The number of ether oxygens (including phenoxy) is 1. The Morgan fingerprint density at radius 1 is 1.12 bits per heavy atom. The fraction of sp³-hybridized carbons (Fsp3) is 0.438. The molecule has 0 spiro atoms. The Kier molecular flexibility index (Phi) is 3.27. The van der Waals surface area contributed by atoms with E-state index >= 15 is 0 Å². The number of nitrogens with one attached hydrogen (secondary N) is 1. The maximum Gasteiger partial charge on any atom is 0.435 e. The molecule has 26 heavy (non-hydrogen) atoms. The van der Waals surface area contributed by atoms with E-state index in [2.05, 4.69) is 25.2 Å². The van der Waals surface area contributed by atoms with E-state index in [1.807, 2.05) is 0 Å². The van der Waals surface area contributed by atoms with Crippen LogP contribution in [0.5, 0.6) is 0 Å². The number of fused-ring (bicyclic) bond motifs is 3. The molecule has 2 aliphatic heterocycles. The second-order valence-corrected chi connectivity index (χ2v) is 6.57. The lowest BCUT2D eigenvalue weighted by Gasteiger charge is -2.35. The van der Waals surface area contributed by atoms with Crippen molar-refractivity contribution in [2.45, 2.75) is 31.1 Å². The van der Waals surface area contributed by atoms with Crippen LogP contribution in [-0.4, -0.2) is 50.3 Å². The molecule has 2 saturated heterocycles. The number of pyridine rings is 1. The van der Waals surface area contributed by atoms with Crippen LogP contribution in [0.4, 0.5) is 19.0 Å². The van der Waals surface area contributed by atoms with Crippen LogP contribution < -0.4 is 4.90 Å². The van der Waals surface area contributed by atoms with Gasteiger partial charge in [-0.25, -0.2) is 4.98 Å². The number of rotatable bonds is 2. The number of H-pyrrole nitrogens is 1. The molecule has 10 heteroatoms. The summed E-state index contributed by atoms with van der Waals surface area (Å²) >= 11 is 0. The predicted molar refractivity (Wildman–Crippen MR) is 86.1 cm³/mol. The second kappa shape index (κ2) is 5.44. The first-order valence-electron chi connectivity index (χ1n) is 8.35. The quantitative estimate of drug-likeness (QED) is 0.757. The smallest absolute Gasteiger partial charge is 0.377 e. The lowest BCUT2D eigenvalue weighted by molar-refractivity contribution is -0.140. The van der Waals surface area contributed by atoms with Gasteiger partial charge in [0.15, 0.2) is 17.2 Å². The summed E-state index contributed by atoms with van der Waals surface area (Å²) in [4.78, 5) is 6.72. The summed E-state index contributed by atoms with van der Waals surface area (Å²) in [6.07, 6.45) is -1.11. The van der Waals surface area contributed by atoms with Crippen LogP contribution in [0.3, 0.4) is 0 Å². The van der Waals surface area contributed by atoms with Crippen molar-refractivity contribution in [1.29, 1.82) is 0 Å². The van der Waals surface area contributed by atoms with Gasteiger partial charge in [0, 0.05) is 6.07 Å². The number of aromatic nitrogens is 5. The van der Waals surface area contributed by atoms with E-state index in [1.165, 1.54) is 12.3 Å². The van der Waals surface area contributed by atoms with Crippen molar-refractivity contribution in [3.05, 3.63) is 30.1 Å². The van der Waals surface area contributed by atoms with Gasteiger partial charge in [0.05, 0.1) is 36.9 Å². The third kappa shape index (κ3) is 2.28. The number of alkyl halides is 3. The van der Waals surface area contributed by atoms with E-state index in [1.54, 1.807) is 12.1 Å². The van der Waals surface area contributed by atoms with Gasteiger partial charge >= 0.3 is 6.18 Å². The lowest BCUT2D eigenvalue weighted by Crippen LogP contribution is -2.46. The van der Waals surface area contributed by atoms with E-state index in [-0.39, 0.29) is 23.1 Å². The third-order valence-corrected chi connectivity index (χ3v) is 5.00. The molecular formula is C16H15F3N6O. The molecule has 1 N–H and O–H groups in total. The van der Waals surface area contributed by atoms with Crippen molar-refractivity contribution in [3.8, 4) is 5.82 Å². The van der Waals surface area contributed by atoms with Gasteiger partial charge in [0.25, 0.3) is 0 Å². The van der Waals surface area contributed by atoms with Gasteiger partial charge in [-0.1, -0.05) is 0 Å². The Hall–Kier alpha value is -2.62. The van der Waals surface area contributed by atoms with Crippen molar-refractivity contribution < 1.29 is 17.9 Å². The van der Waals surface area contributed by atoms with Crippen LogP contribution in [0.15, 0.2) is 24.4 Å². The third-order valence-electron chi connectivity index (χ3n) is 5.00. The highest BCUT2D eigenvalue weighted by Crippen LogP contribution is 2.37. The molecule has 7 nitrogen and oxygen atoms in total. The monoisotopic (exact) mass is 364 g/mol. The molecule has 2 aliphatic rings. The van der Waals surface area contributed by atoms with E-state index in [4.69, 9.17) is 4.74 Å². The SMILES string of the molecule is FC(F)(F)c1nn(-c2ccn[nH]2)c2nc(N3C4CCC3COC4)ccc12. The summed E-state index contributed by atoms with van der Waals surface area (Å²) in [5.41, 5.74) is -0.795. The summed E-state index contributed by atoms with van der Waals surface area (Å²) < 4.78 is 47.0. The molecule has 0 radical (unpaired) electrons. The largest absolute Gasteiger partial charge is 0.435 e. The number of hydrogen-bond acceptors (Lipinski definition) is 5. The summed E-state index contributed by atoms with van der Waals surface area (Å²) in [6, 6.07) is 5.08. The Balaban J connectivity index is 1.69. The molecular weight excluding hydrogens is 349 g/mol. The highest BCUT2D eigenvalue weighted by atomic mass is 19.4. The molecule has 0 aromatic carbocycles. The molecule has 3 aromatic heterocycles. The molecule has 0 saturated carbocycles. The topological polar surface area (TPSA) is 71.9 Å². The van der Waals surface area contributed by atoms with Crippen molar-refractivity contribution in [2.75, 3.05) is 18.1 Å². The van der Waals surface area contributed by atoms with Gasteiger partial charge in [0.2, 0.25) is 0 Å². The zero-order valence-electron chi connectivity index (χ0n) is 13.6. The fourth-order valence-electron chi connectivity index (χ4n) is 3.88. The van der Waals surface area contributed by atoms with Gasteiger partial charge < -0.3 is 9.64 Å². The van der Waals surface area contributed by atoms with Crippen molar-refractivity contribution in [1.82, 2.24) is 25.0 Å². The molecule has 2 unspecified atom stereocenters. The van der Waals surface area contributed by atoms with Crippen molar-refractivity contribution >= 4 is 16.9 Å². The number of anilines is 1. The van der Waals surface area contributed by atoms with Gasteiger partial charge in [-0.15, -0.1) is 0 Å². The van der Waals surface area contributed by atoms with Crippen LogP contribution in [0.25, 0.3) is 16.9 Å². The van der Waals surface area contributed by atoms with E-state index < -0.39 is 11.9 Å².